The van der Waals surface area contributed by atoms with Crippen LogP contribution in [0.15, 0.2) is 145 Å². The van der Waals surface area contributed by atoms with E-state index in [1.165, 1.54) is 59.2 Å². The topological polar surface area (TPSA) is 252 Å². The monoisotopic (exact) mass is 1830 g/mol. The van der Waals surface area contributed by atoms with Crippen molar-refractivity contribution in [1.29, 1.82) is 0 Å². The van der Waals surface area contributed by atoms with Crippen LogP contribution in [0.2, 0.25) is 0 Å². The summed E-state index contributed by atoms with van der Waals surface area (Å²) in [6.07, 6.45) is 10.1. The Balaban J connectivity index is 0.000000102. The lowest BCUT2D eigenvalue weighted by atomic mass is 9.53. The van der Waals surface area contributed by atoms with E-state index >= 15 is 0 Å². The number of nitrogens with zero attached hydrogens (tertiary/aromatic N) is 6. The third-order valence-corrected chi connectivity index (χ3v) is 35.1. The summed E-state index contributed by atoms with van der Waals surface area (Å²) in [4.78, 5) is 10.4. The summed E-state index contributed by atoms with van der Waals surface area (Å²) in [5, 5.41) is 64.5. The highest BCUT2D eigenvalue weighted by Crippen LogP contribution is 2.70. The van der Waals surface area contributed by atoms with Crippen LogP contribution in [0, 0.1) is 35.5 Å². The number of benzene rings is 6. The fourth-order valence-corrected chi connectivity index (χ4v) is 29.8. The van der Waals surface area contributed by atoms with Gasteiger partial charge in [-0.2, -0.15) is 0 Å². The smallest absolute Gasteiger partial charge is 0.165 e. The molecule has 24 heteroatoms. The molecule has 6 N–H and O–H groups in total. The second-order valence-electron chi connectivity index (χ2n) is 39.7. The maximum atomic E-state index is 10.8. The Bertz CT molecular complexity index is 7770. The summed E-state index contributed by atoms with van der Waals surface area (Å²) in [5.41, 5.74) is 3.30. The zero-order valence-corrected chi connectivity index (χ0v) is 73.0. The molecule has 12 aliphatic heterocycles. The first-order valence-electron chi connectivity index (χ1n) is 64.1. The van der Waals surface area contributed by atoms with E-state index in [0.29, 0.717) is 120 Å². The lowest BCUT2D eigenvalue weighted by Gasteiger charge is -2.56. The number of likely N-dealkylation sites (tertiary alicyclic amines) is 6. The van der Waals surface area contributed by atoms with Crippen molar-refractivity contribution >= 4 is 0 Å². The molecule has 0 saturated carbocycles. The summed E-state index contributed by atoms with van der Waals surface area (Å²) in [7, 11) is -0.0994. The van der Waals surface area contributed by atoms with Gasteiger partial charge in [-0.05, 0) is 228 Å². The fourth-order valence-electron chi connectivity index (χ4n) is 29.8. The second kappa shape index (κ2) is 30.2. The van der Waals surface area contributed by atoms with Gasteiger partial charge in [0, 0.05) is 154 Å². The largest absolute Gasteiger partial charge is 0.493 e. The first-order valence-corrected chi connectivity index (χ1v) is 45.6. The van der Waals surface area contributed by atoms with Gasteiger partial charge in [-0.15, -0.1) is 0 Å². The summed E-state index contributed by atoms with van der Waals surface area (Å²) in [5.74, 6) is -0.0105. The van der Waals surface area contributed by atoms with Gasteiger partial charge in [0.15, 0.2) is 69.0 Å². The number of ether oxygens (including phenoxy) is 12. The van der Waals surface area contributed by atoms with Gasteiger partial charge < -0.3 is 117 Å². The molecular weight excluding hydrogens is 1670 g/mol. The van der Waals surface area contributed by atoms with Crippen molar-refractivity contribution in [3.8, 4) is 69.0 Å². The first-order chi connectivity index (χ1) is 78.6. The molecule has 6 aromatic rings. The van der Waals surface area contributed by atoms with Gasteiger partial charge in [-0.3, -0.25) is 0 Å². The number of likely N-dealkylation sites (N-methyl/N-ethyl adjacent to an activating group) is 6. The molecule has 132 heavy (non-hydrogen) atoms. The minimum absolute atomic E-state index is 0.00172. The molecule has 12 bridgehead atoms. The quantitative estimate of drug-likeness (QED) is 0.0851. The summed E-state index contributed by atoms with van der Waals surface area (Å²) in [6, 6.07) is -3.12. The Labute approximate surface area is 824 Å². The van der Waals surface area contributed by atoms with Crippen LogP contribution in [0.1, 0.15) is 156 Å². The number of piperidine rings is 6. The minimum atomic E-state index is -2.89. The van der Waals surface area contributed by atoms with Crippen molar-refractivity contribution in [2.45, 2.75) is 219 Å². The number of aliphatic hydroxyl groups excluding tert-OH is 2. The van der Waals surface area contributed by atoms with E-state index in [0.717, 1.165) is 41.8 Å². The van der Waals surface area contributed by atoms with E-state index in [2.05, 4.69) is 16.8 Å². The van der Waals surface area contributed by atoms with E-state index in [1.54, 1.807) is 30.4 Å². The van der Waals surface area contributed by atoms with E-state index in [4.69, 9.17) is 108 Å². The van der Waals surface area contributed by atoms with Gasteiger partial charge in [0.05, 0.1) is 76.7 Å². The van der Waals surface area contributed by atoms with Crippen LogP contribution in [0.3, 0.4) is 0 Å². The van der Waals surface area contributed by atoms with Gasteiger partial charge >= 0.3 is 0 Å². The van der Waals surface area contributed by atoms with Gasteiger partial charge in [0.25, 0.3) is 0 Å². The third kappa shape index (κ3) is 10.9. The molecule has 12 aliphatic carbocycles. The standard InChI is InChI=1S/6C18H21NO3/c6*1-19-8-7-18-11-4-5-13(20)17(18)22-16-14(21-2)6-3-10(15(16)18)9-12(11)19/h6*3-6,11-13,17,20H,7-9H2,1-2H3/t6*11-,12+,13?,17?,18-/m000000/s1/i1D3,2D3,3D,6D,13D;2D3,3D,6D,13D;1D3,3D,6D,13D;1D3,2D3,3D,6D;3D,6D,13D;1D3,3D,6D. The highest BCUT2D eigenvalue weighted by atomic mass is 16.6. The van der Waals surface area contributed by atoms with Gasteiger partial charge in [0.2, 0.25) is 0 Å². The molecule has 0 aromatic heterocycles. The molecule has 24 nitrogen and oxygen atoms in total. The van der Waals surface area contributed by atoms with Crippen molar-refractivity contribution in [1.82, 2.24) is 29.4 Å². The molecule has 30 atom stereocenters. The maximum absolute atomic E-state index is 10.8. The summed E-state index contributed by atoms with van der Waals surface area (Å²) >= 11 is 0. The summed E-state index contributed by atoms with van der Waals surface area (Å²) < 4.78 is 365. The van der Waals surface area contributed by atoms with Crippen molar-refractivity contribution in [3.63, 3.8) is 0 Å². The Morgan fingerprint density at radius 1 is 0.280 bits per heavy atom. The second-order valence-corrected chi connectivity index (χ2v) is 39.7. The number of methoxy groups -OCH3 is 6. The average Bonchev–Trinajstić information content (AvgIpc) is 1.48. The molecule has 0 radical (unpaired) electrons. The van der Waals surface area contributed by atoms with Crippen LogP contribution in [-0.4, -0.2) is 293 Å². The number of hydrogen-bond donors (Lipinski definition) is 6. The molecule has 6 saturated heterocycles. The van der Waals surface area contributed by atoms with Crippen molar-refractivity contribution in [3.05, 3.63) is 212 Å². The van der Waals surface area contributed by atoms with Crippen LogP contribution < -0.4 is 56.8 Å². The van der Waals surface area contributed by atoms with Gasteiger partial charge in [-0.1, -0.05) is 109 Å². The van der Waals surface area contributed by atoms with Crippen LogP contribution >= 0.6 is 0 Å². The van der Waals surface area contributed by atoms with Crippen molar-refractivity contribution in [2.24, 2.45) is 35.5 Å². The minimum Gasteiger partial charge on any atom is -0.493 e. The fraction of sp³-hybridized carbons (Fsp3) is 0.556. The van der Waals surface area contributed by atoms with E-state index in [-0.39, 0.29) is 193 Å². The van der Waals surface area contributed by atoms with E-state index in [1.807, 2.05) is 31.4 Å². The van der Waals surface area contributed by atoms with E-state index in [9.17, 15) is 30.6 Å². The molecule has 12 heterocycles. The lowest BCUT2D eigenvalue weighted by Crippen LogP contribution is -2.64. The highest BCUT2D eigenvalue weighted by molar-refractivity contribution is 5.69. The predicted octanol–water partition coefficient (Wildman–Crippen LogP) is 9.01. The Hall–Kier alpha value is -9.12. The lowest BCUT2D eigenvalue weighted by molar-refractivity contribution is -0.0453. The number of rotatable bonds is 6. The predicted molar refractivity (Wildman–Crippen MR) is 495 cm³/mol. The number of aliphatic hydroxyl groups is 6. The maximum Gasteiger partial charge on any atom is 0.165 e. The SMILES string of the molecule is [2H]c1c([2H])c(OC([2H])([2H])[2H])c2c3c1C[C@@H]1[C@@H]4C=CC(O)C(O2)[C@]34CCN1C([2H])([2H])[2H].[2H]c1c([2H])c(OC([2H])([2H])[2H])c2c3c1C[C@@H]1[C@@H]4C=CC([2H])(O)C(O2)[C@]34CCN1C.[2H]c1c([2H])c(OC([2H])([2H])[2H])c2c3c1C[C@@H]1[C@@H]4C=CC([2H])(O)C(O2)[C@]34CCN1C([2H])([2H])[2H].[2H]c1c([2H])c(OC)c2c3c1C[C@@H]1[C@@H]4C=CC(O)C(O2)[C@]34CCN1C([2H])([2H])[2H].[2H]c1c([2H])c(OC)c2c3c1C[C@@H]1[C@@H]4C=CC([2H])(O)C(O2)[C@]34CCN1C.[2H]c1c([2H])c(OC)c2c3c1C[C@@H]1[C@@H]4C=CC([2H])(O)C(O2)[C@]34CCN1C([2H])([2H])[2H]. The number of hydrogen-bond acceptors (Lipinski definition) is 24. The Kier molecular flexibility index (Phi) is 12.3. The van der Waals surface area contributed by atoms with E-state index < -0.39 is 197 Å². The summed E-state index contributed by atoms with van der Waals surface area (Å²) in [6.45, 7) is -6.58. The van der Waals surface area contributed by atoms with Gasteiger partial charge in [0.1, 0.15) is 73.2 Å². The Morgan fingerprint density at radius 2 is 0.477 bits per heavy atom. The first kappa shape index (κ1) is 54.0. The molecule has 24 aliphatic rings. The highest BCUT2D eigenvalue weighted by Gasteiger charge is 2.72. The molecular formula is C108H126N6O18. The molecule has 0 amide bonds. The molecule has 12 unspecified atom stereocenters. The molecule has 30 rings (SSSR count). The van der Waals surface area contributed by atoms with Crippen LogP contribution in [0.5, 0.6) is 69.0 Å². The van der Waals surface area contributed by atoms with Crippen molar-refractivity contribution in [2.75, 3.05) is 124 Å². The average molecular weight is 1830 g/mol. The van der Waals surface area contributed by atoms with Gasteiger partial charge in [-0.25, -0.2) is 0 Å². The van der Waals surface area contributed by atoms with Crippen LogP contribution in [-0.2, 0) is 71.0 Å². The molecule has 6 fully saturated rings. The van der Waals surface area contributed by atoms with Crippen LogP contribution in [0.25, 0.3) is 0 Å². The zero-order valence-electron chi connectivity index (χ0n) is 110. The molecule has 6 aromatic carbocycles. The van der Waals surface area contributed by atoms with Crippen LogP contribution in [0.4, 0.5) is 0 Å². The normalized spacial score (nSPS) is 48.0. The molecule has 6 spiro atoms. The van der Waals surface area contributed by atoms with Crippen molar-refractivity contribution < 1.29 is 138 Å². The zero-order chi connectivity index (χ0) is 122. The third-order valence-electron chi connectivity index (χ3n) is 35.1. The molecule has 696 valence electrons. The Morgan fingerprint density at radius 3 is 0.697 bits per heavy atom.